The summed E-state index contributed by atoms with van der Waals surface area (Å²) in [5.74, 6) is 4.26. The fraction of sp³-hybridized carbons (Fsp3) is 0.941. The van der Waals surface area contributed by atoms with Crippen molar-refractivity contribution in [1.82, 2.24) is 0 Å². The molecule has 4 bridgehead atoms. The van der Waals surface area contributed by atoms with Gasteiger partial charge in [0.05, 0.1) is 0 Å². The Balaban J connectivity index is 1.76. The first-order chi connectivity index (χ1) is 8.48. The van der Waals surface area contributed by atoms with Gasteiger partial charge in [-0.1, -0.05) is 20.8 Å². The van der Waals surface area contributed by atoms with Gasteiger partial charge in [0.2, 0.25) is 0 Å². The minimum Gasteiger partial charge on any atom is -0.299 e. The summed E-state index contributed by atoms with van der Waals surface area (Å²) in [7, 11) is 0. The molecule has 4 aliphatic rings. The number of hydrogen-bond acceptors (Lipinski definition) is 1. The maximum Gasteiger partial charge on any atom is 0.141 e. The fourth-order valence-electron chi connectivity index (χ4n) is 5.75. The number of rotatable bonds is 4. The highest BCUT2D eigenvalue weighted by molar-refractivity contribution is 5.87. The second kappa shape index (κ2) is 4.35. The molecule has 4 saturated carbocycles. The van der Waals surface area contributed by atoms with Crippen LogP contribution in [0.1, 0.15) is 65.7 Å². The van der Waals surface area contributed by atoms with E-state index in [0.29, 0.717) is 17.6 Å². The molecule has 0 spiro atoms. The molecule has 1 heteroatoms. The van der Waals surface area contributed by atoms with Crippen molar-refractivity contribution >= 4 is 5.78 Å². The molecular formula is C17H28O. The van der Waals surface area contributed by atoms with Gasteiger partial charge in [0.15, 0.2) is 0 Å². The number of ketones is 1. The molecule has 1 unspecified atom stereocenters. The van der Waals surface area contributed by atoms with Gasteiger partial charge in [-0.25, -0.2) is 0 Å². The third-order valence-corrected chi connectivity index (χ3v) is 5.83. The summed E-state index contributed by atoms with van der Waals surface area (Å²) < 4.78 is 0. The van der Waals surface area contributed by atoms with Crippen molar-refractivity contribution in [3.63, 3.8) is 0 Å². The van der Waals surface area contributed by atoms with Crippen LogP contribution in [0.4, 0.5) is 0 Å². The predicted octanol–water partition coefficient (Wildman–Crippen LogP) is 4.45. The molecule has 0 N–H and O–H groups in total. The van der Waals surface area contributed by atoms with E-state index in [1.165, 1.54) is 38.5 Å². The second-order valence-electron chi connectivity index (χ2n) is 8.09. The van der Waals surface area contributed by atoms with E-state index in [-0.39, 0.29) is 5.41 Å². The Hall–Kier alpha value is -0.330. The van der Waals surface area contributed by atoms with Crippen LogP contribution in [0.5, 0.6) is 0 Å². The Morgan fingerprint density at radius 1 is 1.00 bits per heavy atom. The third-order valence-electron chi connectivity index (χ3n) is 5.83. The Bertz CT molecular complexity index is 306. The van der Waals surface area contributed by atoms with Crippen LogP contribution in [0, 0.1) is 35.0 Å². The summed E-state index contributed by atoms with van der Waals surface area (Å²) in [6, 6.07) is 0. The molecule has 1 atom stereocenters. The van der Waals surface area contributed by atoms with Gasteiger partial charge in [0.1, 0.15) is 5.78 Å². The molecule has 0 aromatic heterocycles. The van der Waals surface area contributed by atoms with Crippen LogP contribution in [0.3, 0.4) is 0 Å². The number of hydrogen-bond donors (Lipinski definition) is 0. The minimum absolute atomic E-state index is 0.128. The molecule has 0 saturated heterocycles. The van der Waals surface area contributed by atoms with Gasteiger partial charge in [-0.15, -0.1) is 0 Å². The van der Waals surface area contributed by atoms with Crippen LogP contribution < -0.4 is 0 Å². The molecule has 0 amide bonds. The largest absolute Gasteiger partial charge is 0.299 e. The smallest absolute Gasteiger partial charge is 0.141 e. The molecule has 0 aromatic rings. The Morgan fingerprint density at radius 2 is 1.44 bits per heavy atom. The molecule has 0 aromatic carbocycles. The lowest BCUT2D eigenvalue weighted by molar-refractivity contribution is -0.148. The van der Waals surface area contributed by atoms with Crippen molar-refractivity contribution in [2.75, 3.05) is 0 Å². The van der Waals surface area contributed by atoms with E-state index in [1.54, 1.807) is 0 Å². The zero-order valence-corrected chi connectivity index (χ0v) is 12.2. The predicted molar refractivity (Wildman–Crippen MR) is 74.2 cm³/mol. The van der Waals surface area contributed by atoms with Crippen molar-refractivity contribution in [1.29, 1.82) is 0 Å². The number of carbonyl (C=O) groups excluding carboxylic acids is 1. The first kappa shape index (κ1) is 12.7. The summed E-state index contributed by atoms with van der Waals surface area (Å²) in [6.07, 6.45) is 9.10. The van der Waals surface area contributed by atoms with Crippen LogP contribution in [0.2, 0.25) is 0 Å². The van der Waals surface area contributed by atoms with Crippen molar-refractivity contribution < 1.29 is 4.79 Å². The summed E-state index contributed by atoms with van der Waals surface area (Å²) in [5.41, 5.74) is 0.128. The Kier molecular flexibility index (Phi) is 3.07. The SMILES string of the molecule is CC(C)CC(C)C(=O)C12CC3CC(CC(C3)C1)C2. The summed E-state index contributed by atoms with van der Waals surface area (Å²) >= 11 is 0. The molecule has 0 aliphatic heterocycles. The van der Waals surface area contributed by atoms with Gasteiger partial charge in [-0.3, -0.25) is 4.79 Å². The van der Waals surface area contributed by atoms with E-state index in [0.717, 1.165) is 24.2 Å². The van der Waals surface area contributed by atoms with Gasteiger partial charge in [-0.05, 0) is 68.6 Å². The van der Waals surface area contributed by atoms with Crippen LogP contribution in [0.25, 0.3) is 0 Å². The van der Waals surface area contributed by atoms with E-state index < -0.39 is 0 Å². The normalized spacial score (nSPS) is 43.4. The van der Waals surface area contributed by atoms with Gasteiger partial charge in [0, 0.05) is 11.3 Å². The van der Waals surface area contributed by atoms with Crippen LogP contribution in [-0.2, 0) is 4.79 Å². The van der Waals surface area contributed by atoms with E-state index in [4.69, 9.17) is 0 Å². The standard InChI is InChI=1S/C17H28O/c1-11(2)4-12(3)16(18)17-8-13-5-14(9-17)7-15(6-13)10-17/h11-15H,4-10H2,1-3H3. The Morgan fingerprint density at radius 3 is 1.83 bits per heavy atom. The van der Waals surface area contributed by atoms with Crippen molar-refractivity contribution in [2.24, 2.45) is 35.0 Å². The maximum absolute atomic E-state index is 12.9. The van der Waals surface area contributed by atoms with E-state index >= 15 is 0 Å². The van der Waals surface area contributed by atoms with Gasteiger partial charge < -0.3 is 0 Å². The molecule has 0 radical (unpaired) electrons. The molecule has 18 heavy (non-hydrogen) atoms. The monoisotopic (exact) mass is 248 g/mol. The summed E-state index contributed by atoms with van der Waals surface area (Å²) in [4.78, 5) is 12.9. The van der Waals surface area contributed by atoms with Crippen LogP contribution in [0.15, 0.2) is 0 Å². The first-order valence-electron chi connectivity index (χ1n) is 8.03. The highest BCUT2D eigenvalue weighted by Crippen LogP contribution is 2.61. The first-order valence-corrected chi connectivity index (χ1v) is 8.03. The average Bonchev–Trinajstić information content (AvgIpc) is 2.25. The lowest BCUT2D eigenvalue weighted by Gasteiger charge is -2.56. The average molecular weight is 248 g/mol. The highest BCUT2D eigenvalue weighted by atomic mass is 16.1. The Labute approximate surface area is 112 Å². The van der Waals surface area contributed by atoms with Crippen molar-refractivity contribution in [2.45, 2.75) is 65.7 Å². The third kappa shape index (κ3) is 2.04. The van der Waals surface area contributed by atoms with Gasteiger partial charge in [-0.2, -0.15) is 0 Å². The van der Waals surface area contributed by atoms with Crippen LogP contribution >= 0.6 is 0 Å². The molecule has 102 valence electrons. The lowest BCUT2D eigenvalue weighted by Crippen LogP contribution is -2.51. The van der Waals surface area contributed by atoms with Crippen molar-refractivity contribution in [3.05, 3.63) is 0 Å². The zero-order chi connectivity index (χ0) is 12.9. The molecule has 4 fully saturated rings. The van der Waals surface area contributed by atoms with Gasteiger partial charge >= 0.3 is 0 Å². The lowest BCUT2D eigenvalue weighted by atomic mass is 9.47. The van der Waals surface area contributed by atoms with Crippen LogP contribution in [-0.4, -0.2) is 5.78 Å². The molecule has 4 rings (SSSR count). The fourth-order valence-corrected chi connectivity index (χ4v) is 5.75. The summed E-state index contributed by atoms with van der Waals surface area (Å²) in [5, 5.41) is 0. The van der Waals surface area contributed by atoms with E-state index in [9.17, 15) is 4.79 Å². The molecule has 4 aliphatic carbocycles. The summed E-state index contributed by atoms with van der Waals surface area (Å²) in [6.45, 7) is 6.66. The number of carbonyl (C=O) groups is 1. The van der Waals surface area contributed by atoms with Crippen molar-refractivity contribution in [3.8, 4) is 0 Å². The second-order valence-corrected chi connectivity index (χ2v) is 8.09. The molecular weight excluding hydrogens is 220 g/mol. The topological polar surface area (TPSA) is 17.1 Å². The maximum atomic E-state index is 12.9. The number of Topliss-reactive ketones (excluding diaryl/α,β-unsaturated/α-hetero) is 1. The van der Waals surface area contributed by atoms with E-state index in [1.807, 2.05) is 0 Å². The van der Waals surface area contributed by atoms with E-state index in [2.05, 4.69) is 20.8 Å². The molecule has 0 heterocycles. The minimum atomic E-state index is 0.128. The van der Waals surface area contributed by atoms with Gasteiger partial charge in [0.25, 0.3) is 0 Å². The molecule has 1 nitrogen and oxygen atoms in total. The quantitative estimate of drug-likeness (QED) is 0.718. The highest BCUT2D eigenvalue weighted by Gasteiger charge is 2.54. The zero-order valence-electron chi connectivity index (χ0n) is 12.2.